The standard InChI is InChI=1S/C16H18N2O3S/c17-16(19)13-8-4-9-14(13)18-22(20,21)15-10-3-6-11-5-1-2-7-12(11)15/h1-3,5-7,10,13-14,18H,4,8-9H2,(H2,17,19). The van der Waals surface area contributed by atoms with Crippen molar-refractivity contribution in [2.24, 2.45) is 11.7 Å². The second-order valence-electron chi connectivity index (χ2n) is 5.64. The molecule has 0 aliphatic heterocycles. The molecule has 22 heavy (non-hydrogen) atoms. The van der Waals surface area contributed by atoms with Gasteiger partial charge in [-0.3, -0.25) is 4.79 Å². The van der Waals surface area contributed by atoms with Gasteiger partial charge in [-0.1, -0.05) is 42.8 Å². The summed E-state index contributed by atoms with van der Waals surface area (Å²) in [7, 11) is -3.69. The van der Waals surface area contributed by atoms with E-state index in [9.17, 15) is 13.2 Å². The third-order valence-electron chi connectivity index (χ3n) is 4.23. The van der Waals surface area contributed by atoms with E-state index in [1.807, 2.05) is 24.3 Å². The van der Waals surface area contributed by atoms with Gasteiger partial charge in [-0.05, 0) is 24.3 Å². The Morgan fingerprint density at radius 2 is 1.82 bits per heavy atom. The summed E-state index contributed by atoms with van der Waals surface area (Å²) in [6.07, 6.45) is 2.08. The Bertz CT molecular complexity index is 812. The van der Waals surface area contributed by atoms with E-state index in [2.05, 4.69) is 4.72 Å². The number of rotatable bonds is 4. The van der Waals surface area contributed by atoms with Gasteiger partial charge in [0.15, 0.2) is 0 Å². The fraction of sp³-hybridized carbons (Fsp3) is 0.312. The van der Waals surface area contributed by atoms with Crippen LogP contribution >= 0.6 is 0 Å². The predicted molar refractivity (Wildman–Crippen MR) is 84.6 cm³/mol. The Kier molecular flexibility index (Phi) is 3.88. The number of benzene rings is 2. The molecule has 1 saturated carbocycles. The summed E-state index contributed by atoms with van der Waals surface area (Å²) in [5.41, 5.74) is 5.36. The average Bonchev–Trinajstić information content (AvgIpc) is 2.94. The Balaban J connectivity index is 1.97. The van der Waals surface area contributed by atoms with Crippen molar-refractivity contribution in [1.29, 1.82) is 0 Å². The van der Waals surface area contributed by atoms with Gasteiger partial charge >= 0.3 is 0 Å². The van der Waals surface area contributed by atoms with Crippen LogP contribution in [0.5, 0.6) is 0 Å². The van der Waals surface area contributed by atoms with Gasteiger partial charge in [0.05, 0.1) is 10.8 Å². The predicted octanol–water partition coefficient (Wildman–Crippen LogP) is 1.77. The highest BCUT2D eigenvalue weighted by atomic mass is 32.2. The van der Waals surface area contributed by atoms with E-state index >= 15 is 0 Å². The Hall–Kier alpha value is -1.92. The molecule has 1 aliphatic rings. The number of sulfonamides is 1. The van der Waals surface area contributed by atoms with Crippen molar-refractivity contribution in [1.82, 2.24) is 4.72 Å². The average molecular weight is 318 g/mol. The molecule has 2 aromatic rings. The molecule has 0 spiro atoms. The van der Waals surface area contributed by atoms with E-state index in [1.54, 1.807) is 18.2 Å². The van der Waals surface area contributed by atoms with Crippen LogP contribution < -0.4 is 10.5 Å². The van der Waals surface area contributed by atoms with Crippen molar-refractivity contribution in [3.63, 3.8) is 0 Å². The first-order chi connectivity index (χ1) is 10.5. The molecule has 2 unspecified atom stereocenters. The number of carbonyl (C=O) groups excluding carboxylic acids is 1. The molecule has 0 aromatic heterocycles. The van der Waals surface area contributed by atoms with Crippen LogP contribution in [-0.4, -0.2) is 20.4 Å². The second kappa shape index (κ2) is 5.70. The maximum atomic E-state index is 12.7. The lowest BCUT2D eigenvalue weighted by molar-refractivity contribution is -0.122. The van der Waals surface area contributed by atoms with Gasteiger partial charge in [-0.2, -0.15) is 0 Å². The molecular formula is C16H18N2O3S. The minimum Gasteiger partial charge on any atom is -0.369 e. The summed E-state index contributed by atoms with van der Waals surface area (Å²) in [4.78, 5) is 11.7. The first kappa shape index (κ1) is 15.0. The number of nitrogens with two attached hydrogens (primary N) is 1. The van der Waals surface area contributed by atoms with E-state index in [0.29, 0.717) is 18.2 Å². The maximum Gasteiger partial charge on any atom is 0.241 e. The molecule has 0 heterocycles. The highest BCUT2D eigenvalue weighted by Gasteiger charge is 2.35. The van der Waals surface area contributed by atoms with Crippen molar-refractivity contribution < 1.29 is 13.2 Å². The van der Waals surface area contributed by atoms with Gasteiger partial charge in [0.25, 0.3) is 0 Å². The summed E-state index contributed by atoms with van der Waals surface area (Å²) in [5.74, 6) is -0.868. The van der Waals surface area contributed by atoms with Crippen molar-refractivity contribution >= 4 is 26.7 Å². The maximum absolute atomic E-state index is 12.7. The number of fused-ring (bicyclic) bond motifs is 1. The van der Waals surface area contributed by atoms with E-state index in [4.69, 9.17) is 5.73 Å². The van der Waals surface area contributed by atoms with Crippen LogP contribution in [0, 0.1) is 5.92 Å². The number of primary amides is 1. The van der Waals surface area contributed by atoms with E-state index < -0.39 is 27.9 Å². The van der Waals surface area contributed by atoms with Crippen molar-refractivity contribution in [3.05, 3.63) is 42.5 Å². The molecule has 0 bridgehead atoms. The van der Waals surface area contributed by atoms with Crippen LogP contribution in [0.15, 0.2) is 47.4 Å². The largest absolute Gasteiger partial charge is 0.369 e. The molecule has 2 aromatic carbocycles. The molecule has 1 amide bonds. The van der Waals surface area contributed by atoms with Crippen LogP contribution in [0.1, 0.15) is 19.3 Å². The zero-order valence-electron chi connectivity index (χ0n) is 12.0. The number of hydrogen-bond donors (Lipinski definition) is 2. The highest BCUT2D eigenvalue weighted by molar-refractivity contribution is 7.89. The molecule has 0 saturated heterocycles. The third-order valence-corrected chi connectivity index (χ3v) is 5.78. The summed E-state index contributed by atoms with van der Waals surface area (Å²) >= 11 is 0. The zero-order valence-corrected chi connectivity index (χ0v) is 12.8. The molecule has 3 N–H and O–H groups in total. The third kappa shape index (κ3) is 2.71. The molecule has 116 valence electrons. The number of carbonyl (C=O) groups is 1. The zero-order chi connectivity index (χ0) is 15.7. The molecule has 1 aliphatic carbocycles. The summed E-state index contributed by atoms with van der Waals surface area (Å²) < 4.78 is 28.1. The fourth-order valence-electron chi connectivity index (χ4n) is 3.13. The Morgan fingerprint density at radius 3 is 2.59 bits per heavy atom. The van der Waals surface area contributed by atoms with Crippen molar-refractivity contribution in [3.8, 4) is 0 Å². The SMILES string of the molecule is NC(=O)C1CCCC1NS(=O)(=O)c1cccc2ccccc12. The van der Waals surface area contributed by atoms with E-state index in [-0.39, 0.29) is 4.90 Å². The smallest absolute Gasteiger partial charge is 0.241 e. The van der Waals surface area contributed by atoms with Gasteiger partial charge in [-0.15, -0.1) is 0 Å². The van der Waals surface area contributed by atoms with E-state index in [0.717, 1.165) is 11.8 Å². The van der Waals surface area contributed by atoms with Gasteiger partial charge in [0.2, 0.25) is 15.9 Å². The van der Waals surface area contributed by atoms with Crippen LogP contribution in [0.2, 0.25) is 0 Å². The Labute approximate surface area is 129 Å². The van der Waals surface area contributed by atoms with Gasteiger partial charge in [-0.25, -0.2) is 13.1 Å². The first-order valence-electron chi connectivity index (χ1n) is 7.28. The quantitative estimate of drug-likeness (QED) is 0.900. The first-order valence-corrected chi connectivity index (χ1v) is 8.77. The number of hydrogen-bond acceptors (Lipinski definition) is 3. The fourth-order valence-corrected chi connectivity index (χ4v) is 4.68. The number of amides is 1. The molecular weight excluding hydrogens is 300 g/mol. The highest BCUT2D eigenvalue weighted by Crippen LogP contribution is 2.28. The van der Waals surface area contributed by atoms with E-state index in [1.165, 1.54) is 0 Å². The number of nitrogens with one attached hydrogen (secondary N) is 1. The molecule has 1 fully saturated rings. The van der Waals surface area contributed by atoms with Crippen molar-refractivity contribution in [2.75, 3.05) is 0 Å². The molecule has 5 nitrogen and oxygen atoms in total. The van der Waals surface area contributed by atoms with Gasteiger partial charge in [0.1, 0.15) is 0 Å². The summed E-state index contributed by atoms with van der Waals surface area (Å²) in [6, 6.07) is 12.1. The monoisotopic (exact) mass is 318 g/mol. The Morgan fingerprint density at radius 1 is 1.09 bits per heavy atom. The van der Waals surface area contributed by atoms with Crippen LogP contribution in [0.3, 0.4) is 0 Å². The normalized spacial score (nSPS) is 22.0. The van der Waals surface area contributed by atoms with Crippen LogP contribution in [-0.2, 0) is 14.8 Å². The topological polar surface area (TPSA) is 89.3 Å². The van der Waals surface area contributed by atoms with Crippen LogP contribution in [0.4, 0.5) is 0 Å². The second-order valence-corrected chi connectivity index (χ2v) is 7.33. The molecule has 6 heteroatoms. The molecule has 0 radical (unpaired) electrons. The lowest BCUT2D eigenvalue weighted by atomic mass is 10.0. The summed E-state index contributed by atoms with van der Waals surface area (Å²) in [5, 5.41) is 1.54. The van der Waals surface area contributed by atoms with Crippen LogP contribution in [0.25, 0.3) is 10.8 Å². The molecule has 2 atom stereocenters. The van der Waals surface area contributed by atoms with Gasteiger partial charge in [0, 0.05) is 11.4 Å². The summed E-state index contributed by atoms with van der Waals surface area (Å²) in [6.45, 7) is 0. The lowest BCUT2D eigenvalue weighted by Crippen LogP contribution is -2.42. The minimum atomic E-state index is -3.69. The molecule has 3 rings (SSSR count). The lowest BCUT2D eigenvalue weighted by Gasteiger charge is -2.19. The minimum absolute atomic E-state index is 0.237. The van der Waals surface area contributed by atoms with Crippen molar-refractivity contribution in [2.45, 2.75) is 30.2 Å². The van der Waals surface area contributed by atoms with Gasteiger partial charge < -0.3 is 5.73 Å².